The van der Waals surface area contributed by atoms with E-state index in [0.29, 0.717) is 6.04 Å². The number of anilines is 1. The molecule has 5 heteroatoms. The number of hydrogen-bond acceptors (Lipinski definition) is 3. The standard InChI is InChI=1S/C10H11BrN4/c11-8-5-2-6-15-9(8)13-10(14-15)12-7-3-1-4-7/h2,5-7H,1,3-4H2,(H,12,14). The highest BCUT2D eigenvalue weighted by atomic mass is 79.9. The van der Waals surface area contributed by atoms with Gasteiger partial charge in [0, 0.05) is 12.2 Å². The van der Waals surface area contributed by atoms with Gasteiger partial charge in [0.15, 0.2) is 5.65 Å². The van der Waals surface area contributed by atoms with Crippen LogP contribution in [0.4, 0.5) is 5.95 Å². The van der Waals surface area contributed by atoms with Crippen LogP contribution in [0.25, 0.3) is 5.65 Å². The molecule has 1 fully saturated rings. The quantitative estimate of drug-likeness (QED) is 0.908. The summed E-state index contributed by atoms with van der Waals surface area (Å²) in [5.74, 6) is 0.728. The van der Waals surface area contributed by atoms with E-state index in [1.807, 2.05) is 18.3 Å². The van der Waals surface area contributed by atoms with Crippen LogP contribution in [0.1, 0.15) is 19.3 Å². The van der Waals surface area contributed by atoms with E-state index in [4.69, 9.17) is 0 Å². The van der Waals surface area contributed by atoms with Gasteiger partial charge in [-0.3, -0.25) is 0 Å². The molecule has 78 valence electrons. The summed E-state index contributed by atoms with van der Waals surface area (Å²) in [5.41, 5.74) is 0.860. The van der Waals surface area contributed by atoms with Gasteiger partial charge in [-0.15, -0.1) is 5.10 Å². The van der Waals surface area contributed by atoms with Crippen molar-refractivity contribution in [3.8, 4) is 0 Å². The van der Waals surface area contributed by atoms with Crippen LogP contribution in [-0.4, -0.2) is 20.6 Å². The monoisotopic (exact) mass is 266 g/mol. The van der Waals surface area contributed by atoms with Gasteiger partial charge < -0.3 is 5.32 Å². The molecule has 0 unspecified atom stereocenters. The summed E-state index contributed by atoms with van der Waals surface area (Å²) in [6.45, 7) is 0. The highest BCUT2D eigenvalue weighted by Gasteiger charge is 2.18. The second-order valence-corrected chi connectivity index (χ2v) is 4.69. The van der Waals surface area contributed by atoms with Crippen molar-refractivity contribution < 1.29 is 0 Å². The fourth-order valence-corrected chi connectivity index (χ4v) is 2.09. The van der Waals surface area contributed by atoms with Crippen molar-refractivity contribution in [2.75, 3.05) is 5.32 Å². The average Bonchev–Trinajstić information content (AvgIpc) is 2.56. The Labute approximate surface area is 95.8 Å². The molecule has 0 radical (unpaired) electrons. The molecule has 4 nitrogen and oxygen atoms in total. The first-order chi connectivity index (χ1) is 7.33. The lowest BCUT2D eigenvalue weighted by atomic mass is 9.93. The summed E-state index contributed by atoms with van der Waals surface area (Å²) in [5, 5.41) is 7.69. The molecule has 0 aromatic carbocycles. The van der Waals surface area contributed by atoms with Crippen LogP contribution >= 0.6 is 15.9 Å². The minimum absolute atomic E-state index is 0.571. The number of nitrogens with zero attached hydrogens (tertiary/aromatic N) is 3. The Kier molecular flexibility index (Phi) is 2.12. The molecule has 0 saturated heterocycles. The zero-order valence-corrected chi connectivity index (χ0v) is 9.74. The number of nitrogens with one attached hydrogen (secondary N) is 1. The van der Waals surface area contributed by atoms with E-state index in [-0.39, 0.29) is 0 Å². The normalized spacial score (nSPS) is 16.6. The highest BCUT2D eigenvalue weighted by Crippen LogP contribution is 2.23. The van der Waals surface area contributed by atoms with E-state index in [1.165, 1.54) is 19.3 Å². The molecule has 15 heavy (non-hydrogen) atoms. The fourth-order valence-electron chi connectivity index (χ4n) is 1.67. The van der Waals surface area contributed by atoms with Crippen LogP contribution in [0.2, 0.25) is 0 Å². The summed E-state index contributed by atoms with van der Waals surface area (Å²) in [6, 6.07) is 4.48. The van der Waals surface area contributed by atoms with Crippen LogP contribution in [0.5, 0.6) is 0 Å². The molecule has 1 aliphatic rings. The fraction of sp³-hybridized carbons (Fsp3) is 0.400. The average molecular weight is 267 g/mol. The molecule has 1 saturated carbocycles. The van der Waals surface area contributed by atoms with Gasteiger partial charge in [-0.1, -0.05) is 0 Å². The van der Waals surface area contributed by atoms with Gasteiger partial charge >= 0.3 is 0 Å². The number of halogens is 1. The molecule has 2 heterocycles. The van der Waals surface area contributed by atoms with E-state index in [0.717, 1.165) is 16.1 Å². The lowest BCUT2D eigenvalue weighted by molar-refractivity contribution is 0.443. The summed E-state index contributed by atoms with van der Waals surface area (Å²) in [6.07, 6.45) is 5.68. The molecule has 2 aromatic heterocycles. The molecule has 1 aliphatic carbocycles. The largest absolute Gasteiger partial charge is 0.350 e. The van der Waals surface area contributed by atoms with Gasteiger partial charge in [0.2, 0.25) is 5.95 Å². The van der Waals surface area contributed by atoms with Crippen LogP contribution in [0.3, 0.4) is 0 Å². The zero-order valence-electron chi connectivity index (χ0n) is 8.15. The van der Waals surface area contributed by atoms with E-state index in [2.05, 4.69) is 31.3 Å². The minimum Gasteiger partial charge on any atom is -0.350 e. The van der Waals surface area contributed by atoms with Crippen molar-refractivity contribution in [2.45, 2.75) is 25.3 Å². The van der Waals surface area contributed by atoms with Gasteiger partial charge in [-0.25, -0.2) is 4.52 Å². The number of aromatic nitrogens is 3. The van der Waals surface area contributed by atoms with Crippen molar-refractivity contribution >= 4 is 27.5 Å². The van der Waals surface area contributed by atoms with Crippen molar-refractivity contribution in [3.05, 3.63) is 22.8 Å². The zero-order chi connectivity index (χ0) is 10.3. The third-order valence-electron chi connectivity index (χ3n) is 2.75. The summed E-state index contributed by atoms with van der Waals surface area (Å²) < 4.78 is 2.75. The smallest absolute Gasteiger partial charge is 0.243 e. The maximum Gasteiger partial charge on any atom is 0.243 e. The van der Waals surface area contributed by atoms with E-state index in [9.17, 15) is 0 Å². The third-order valence-corrected chi connectivity index (χ3v) is 3.37. The maximum absolute atomic E-state index is 4.43. The summed E-state index contributed by atoms with van der Waals surface area (Å²) >= 11 is 3.46. The van der Waals surface area contributed by atoms with Crippen LogP contribution in [-0.2, 0) is 0 Å². The maximum atomic E-state index is 4.43. The topological polar surface area (TPSA) is 42.2 Å². The van der Waals surface area contributed by atoms with Gasteiger partial charge in [0.25, 0.3) is 0 Å². The van der Waals surface area contributed by atoms with Gasteiger partial charge in [0.1, 0.15) is 0 Å². The number of pyridine rings is 1. The van der Waals surface area contributed by atoms with Crippen LogP contribution < -0.4 is 5.32 Å². The molecule has 2 aromatic rings. The Hall–Kier alpha value is -1.10. The van der Waals surface area contributed by atoms with E-state index >= 15 is 0 Å². The number of rotatable bonds is 2. The first-order valence-electron chi connectivity index (χ1n) is 5.10. The molecular formula is C10H11BrN4. The van der Waals surface area contributed by atoms with Crippen LogP contribution in [0.15, 0.2) is 22.8 Å². The van der Waals surface area contributed by atoms with Crippen molar-refractivity contribution in [1.29, 1.82) is 0 Å². The Bertz CT molecular complexity index is 489. The molecule has 0 amide bonds. The molecule has 1 N–H and O–H groups in total. The molecular weight excluding hydrogens is 256 g/mol. The lowest BCUT2D eigenvalue weighted by Gasteiger charge is -2.25. The predicted molar refractivity (Wildman–Crippen MR) is 61.9 cm³/mol. The van der Waals surface area contributed by atoms with Crippen molar-refractivity contribution in [2.24, 2.45) is 0 Å². The molecule has 0 bridgehead atoms. The van der Waals surface area contributed by atoms with Gasteiger partial charge in [-0.2, -0.15) is 4.98 Å². The Balaban J connectivity index is 1.95. The number of hydrogen-bond donors (Lipinski definition) is 1. The Morgan fingerprint density at radius 1 is 1.47 bits per heavy atom. The van der Waals surface area contributed by atoms with E-state index < -0.39 is 0 Å². The first-order valence-corrected chi connectivity index (χ1v) is 5.90. The minimum atomic E-state index is 0.571. The highest BCUT2D eigenvalue weighted by molar-refractivity contribution is 9.10. The van der Waals surface area contributed by atoms with Crippen molar-refractivity contribution in [1.82, 2.24) is 14.6 Å². The van der Waals surface area contributed by atoms with Crippen molar-refractivity contribution in [3.63, 3.8) is 0 Å². The second-order valence-electron chi connectivity index (χ2n) is 3.83. The second kappa shape index (κ2) is 3.48. The molecule has 3 rings (SSSR count). The first kappa shape index (κ1) is 9.15. The van der Waals surface area contributed by atoms with Gasteiger partial charge in [0.05, 0.1) is 4.47 Å². The molecule has 0 atom stereocenters. The van der Waals surface area contributed by atoms with Crippen LogP contribution in [0, 0.1) is 0 Å². The number of fused-ring (bicyclic) bond motifs is 1. The Morgan fingerprint density at radius 2 is 2.33 bits per heavy atom. The summed E-state index contributed by atoms with van der Waals surface area (Å²) in [4.78, 5) is 4.43. The Morgan fingerprint density at radius 3 is 3.00 bits per heavy atom. The molecule has 0 aliphatic heterocycles. The van der Waals surface area contributed by atoms with Gasteiger partial charge in [-0.05, 0) is 47.3 Å². The predicted octanol–water partition coefficient (Wildman–Crippen LogP) is 2.46. The third kappa shape index (κ3) is 1.61. The lowest BCUT2D eigenvalue weighted by Crippen LogP contribution is -2.27. The van der Waals surface area contributed by atoms with E-state index in [1.54, 1.807) is 4.52 Å². The molecule has 0 spiro atoms. The summed E-state index contributed by atoms with van der Waals surface area (Å²) in [7, 11) is 0. The SMILES string of the molecule is Brc1cccn2nc(NC3CCC3)nc12.